The summed E-state index contributed by atoms with van der Waals surface area (Å²) in [5, 5.41) is 14.2. The van der Waals surface area contributed by atoms with Crippen LogP contribution in [0.3, 0.4) is 0 Å². The van der Waals surface area contributed by atoms with Crippen LogP contribution in [0.4, 0.5) is 0 Å². The van der Waals surface area contributed by atoms with Gasteiger partial charge in [-0.1, -0.05) is 18.2 Å². The number of aromatic hydroxyl groups is 1. The Bertz CT molecular complexity index is 1070. The van der Waals surface area contributed by atoms with Crippen molar-refractivity contribution in [3.8, 4) is 5.88 Å². The average molecular weight is 302 g/mol. The van der Waals surface area contributed by atoms with E-state index in [9.17, 15) is 5.11 Å². The maximum atomic E-state index is 10.5. The number of nitrogens with zero attached hydrogens (tertiary/aromatic N) is 4. The van der Waals surface area contributed by atoms with Crippen LogP contribution in [-0.4, -0.2) is 14.7 Å². The molecule has 0 aliphatic carbocycles. The Kier molecular flexibility index (Phi) is 2.47. The number of fused-ring (bicyclic) bond motifs is 4. The van der Waals surface area contributed by atoms with Gasteiger partial charge < -0.3 is 9.67 Å². The van der Waals surface area contributed by atoms with E-state index in [1.807, 2.05) is 28.8 Å². The lowest BCUT2D eigenvalue weighted by Crippen LogP contribution is -2.20. The third-order valence-electron chi connectivity index (χ3n) is 4.54. The molecule has 4 heterocycles. The van der Waals surface area contributed by atoms with Crippen LogP contribution in [0.2, 0.25) is 0 Å². The van der Waals surface area contributed by atoms with Crippen LogP contribution >= 0.6 is 0 Å². The van der Waals surface area contributed by atoms with Gasteiger partial charge in [-0.15, -0.1) is 0 Å². The third-order valence-corrected chi connectivity index (χ3v) is 4.54. The maximum absolute atomic E-state index is 10.5. The first-order valence-corrected chi connectivity index (χ1v) is 7.74. The van der Waals surface area contributed by atoms with Crippen molar-refractivity contribution in [3.63, 3.8) is 0 Å². The van der Waals surface area contributed by atoms with Crippen LogP contribution in [-0.2, 0) is 6.54 Å². The standard InChI is InChI=1S/C18H14N4O/c23-18-12-5-2-1-4-11(12)16-13(6-3-9-22(16)18)17-20-14-7-8-19-10-15(14)21-17/h1-2,4-5,7-8,10,23H,3,6,9H2/b17-13+. The highest BCUT2D eigenvalue weighted by Crippen LogP contribution is 2.41. The van der Waals surface area contributed by atoms with Crippen LogP contribution in [0, 0.1) is 0 Å². The third kappa shape index (κ3) is 1.70. The Morgan fingerprint density at radius 1 is 1.00 bits per heavy atom. The van der Waals surface area contributed by atoms with Crippen molar-refractivity contribution in [1.82, 2.24) is 9.55 Å². The lowest BCUT2D eigenvalue weighted by molar-refractivity contribution is 0.413. The fourth-order valence-corrected chi connectivity index (χ4v) is 3.52. The largest absolute Gasteiger partial charge is 0.494 e. The highest BCUT2D eigenvalue weighted by atomic mass is 16.3. The number of rotatable bonds is 0. The minimum absolute atomic E-state index is 0.338. The first-order valence-electron chi connectivity index (χ1n) is 7.74. The number of hydrogen-bond donors (Lipinski definition) is 1. The number of allylic oxidation sites excluding steroid dienone is 1. The molecule has 112 valence electrons. The first-order chi connectivity index (χ1) is 11.3. The molecule has 0 bridgehead atoms. The maximum Gasteiger partial charge on any atom is 0.199 e. The second-order valence-electron chi connectivity index (χ2n) is 5.86. The predicted octanol–water partition coefficient (Wildman–Crippen LogP) is 2.16. The number of pyridine rings is 1. The average Bonchev–Trinajstić information content (AvgIpc) is 3.15. The highest BCUT2D eigenvalue weighted by Gasteiger charge is 2.25. The van der Waals surface area contributed by atoms with Gasteiger partial charge in [-0.2, -0.15) is 0 Å². The number of benzene rings is 1. The van der Waals surface area contributed by atoms with Gasteiger partial charge in [0.2, 0.25) is 0 Å². The van der Waals surface area contributed by atoms with Crippen LogP contribution in [0.1, 0.15) is 18.5 Å². The summed E-state index contributed by atoms with van der Waals surface area (Å²) in [4.78, 5) is 13.4. The summed E-state index contributed by atoms with van der Waals surface area (Å²) in [6.45, 7) is 0.821. The van der Waals surface area contributed by atoms with Gasteiger partial charge in [0, 0.05) is 29.1 Å². The summed E-state index contributed by atoms with van der Waals surface area (Å²) >= 11 is 0. The Hall–Kier alpha value is -2.95. The molecule has 0 unspecified atom stereocenters. The van der Waals surface area contributed by atoms with Gasteiger partial charge in [-0.05, 0) is 25.0 Å². The number of hydrogen-bond acceptors (Lipinski definition) is 4. The fourth-order valence-electron chi connectivity index (χ4n) is 3.52. The summed E-state index contributed by atoms with van der Waals surface area (Å²) in [6.07, 6.45) is 5.36. The molecule has 0 fully saturated rings. The quantitative estimate of drug-likeness (QED) is 0.691. The van der Waals surface area contributed by atoms with Crippen molar-refractivity contribution in [2.45, 2.75) is 19.4 Å². The van der Waals surface area contributed by atoms with E-state index in [0.717, 1.165) is 58.0 Å². The van der Waals surface area contributed by atoms with Crippen molar-refractivity contribution in [2.75, 3.05) is 0 Å². The van der Waals surface area contributed by atoms with Crippen molar-refractivity contribution in [2.24, 2.45) is 9.98 Å². The normalized spacial score (nSPS) is 19.1. The molecule has 0 saturated carbocycles. The fraction of sp³-hybridized carbons (Fsp3) is 0.167. The molecule has 1 N–H and O–H groups in total. The van der Waals surface area contributed by atoms with Crippen molar-refractivity contribution in [3.05, 3.63) is 65.0 Å². The summed E-state index contributed by atoms with van der Waals surface area (Å²) in [7, 11) is 0. The second-order valence-corrected chi connectivity index (χ2v) is 5.86. The van der Waals surface area contributed by atoms with Gasteiger partial charge in [0.05, 0.1) is 17.2 Å². The molecule has 0 spiro atoms. The molecular weight excluding hydrogens is 288 g/mol. The minimum Gasteiger partial charge on any atom is -0.494 e. The topological polar surface area (TPSA) is 62.8 Å². The van der Waals surface area contributed by atoms with Gasteiger partial charge in [-0.25, -0.2) is 9.98 Å². The molecule has 0 atom stereocenters. The van der Waals surface area contributed by atoms with Crippen LogP contribution < -0.4 is 10.7 Å². The highest BCUT2D eigenvalue weighted by molar-refractivity contribution is 5.98. The van der Waals surface area contributed by atoms with Crippen molar-refractivity contribution >= 4 is 16.3 Å². The molecule has 23 heavy (non-hydrogen) atoms. The molecular formula is C18H14N4O. The lowest BCUT2D eigenvalue weighted by atomic mass is 10.00. The van der Waals surface area contributed by atoms with Gasteiger partial charge in [0.1, 0.15) is 5.36 Å². The van der Waals surface area contributed by atoms with Crippen molar-refractivity contribution in [1.29, 1.82) is 0 Å². The molecule has 3 aromatic rings. The Balaban J connectivity index is 1.86. The van der Waals surface area contributed by atoms with E-state index in [2.05, 4.69) is 21.0 Å². The first kappa shape index (κ1) is 12.6. The summed E-state index contributed by atoms with van der Waals surface area (Å²) in [5.74, 6) is 1.09. The summed E-state index contributed by atoms with van der Waals surface area (Å²) in [5.41, 5.74) is 2.15. The van der Waals surface area contributed by atoms with Crippen LogP contribution in [0.25, 0.3) is 16.3 Å². The lowest BCUT2D eigenvalue weighted by Gasteiger charge is -2.19. The molecule has 1 aromatic carbocycles. The zero-order valence-electron chi connectivity index (χ0n) is 12.4. The van der Waals surface area contributed by atoms with Gasteiger partial charge in [-0.3, -0.25) is 4.98 Å². The molecule has 5 heteroatoms. The minimum atomic E-state index is 0.338. The van der Waals surface area contributed by atoms with E-state index >= 15 is 0 Å². The Labute approximate surface area is 132 Å². The van der Waals surface area contributed by atoms with Gasteiger partial charge in [0.25, 0.3) is 0 Å². The Morgan fingerprint density at radius 2 is 1.83 bits per heavy atom. The molecule has 0 amide bonds. The van der Waals surface area contributed by atoms with E-state index in [1.54, 1.807) is 12.4 Å². The molecule has 2 aromatic heterocycles. The predicted molar refractivity (Wildman–Crippen MR) is 86.3 cm³/mol. The molecule has 2 aliphatic rings. The van der Waals surface area contributed by atoms with Gasteiger partial charge in [0.15, 0.2) is 11.7 Å². The van der Waals surface area contributed by atoms with E-state index < -0.39 is 0 Å². The molecule has 5 nitrogen and oxygen atoms in total. The zero-order valence-corrected chi connectivity index (χ0v) is 12.4. The molecule has 0 radical (unpaired) electrons. The zero-order chi connectivity index (χ0) is 15.4. The SMILES string of the molecule is Oc1c2ccccc2c2n1CCC/C2=C1/N=c2ccncc2=N1. The monoisotopic (exact) mass is 302 g/mol. The summed E-state index contributed by atoms with van der Waals surface area (Å²) < 4.78 is 1.99. The molecule has 0 saturated heterocycles. The van der Waals surface area contributed by atoms with E-state index in [0.29, 0.717) is 5.88 Å². The smallest absolute Gasteiger partial charge is 0.199 e. The van der Waals surface area contributed by atoms with Crippen LogP contribution in [0.15, 0.2) is 58.5 Å². The van der Waals surface area contributed by atoms with E-state index in [4.69, 9.17) is 0 Å². The number of aromatic nitrogens is 2. The second kappa shape index (κ2) is 4.52. The van der Waals surface area contributed by atoms with Gasteiger partial charge >= 0.3 is 0 Å². The Morgan fingerprint density at radius 3 is 2.70 bits per heavy atom. The molecule has 2 aliphatic heterocycles. The van der Waals surface area contributed by atoms with E-state index in [1.165, 1.54) is 0 Å². The van der Waals surface area contributed by atoms with Crippen molar-refractivity contribution < 1.29 is 5.11 Å². The summed E-state index contributed by atoms with van der Waals surface area (Å²) in [6, 6.07) is 9.84. The molecule has 5 rings (SSSR count). The van der Waals surface area contributed by atoms with Crippen LogP contribution in [0.5, 0.6) is 5.88 Å². The van der Waals surface area contributed by atoms with E-state index in [-0.39, 0.29) is 0 Å².